The first-order valence-electron chi connectivity index (χ1n) is 14.1. The Balaban J connectivity index is 1.56. The van der Waals surface area contributed by atoms with E-state index in [4.69, 9.17) is 10.5 Å². The van der Waals surface area contributed by atoms with Gasteiger partial charge in [0.25, 0.3) is 0 Å². The summed E-state index contributed by atoms with van der Waals surface area (Å²) in [4.78, 5) is 26.5. The second-order valence-corrected chi connectivity index (χ2v) is 11.8. The Hall–Kier alpha value is -3.72. The molecule has 0 heterocycles. The normalized spacial score (nSPS) is 20.4. The lowest BCUT2D eigenvalue weighted by atomic mass is 9.88. The van der Waals surface area contributed by atoms with E-state index in [1.807, 2.05) is 84.9 Å². The van der Waals surface area contributed by atoms with Crippen molar-refractivity contribution >= 4 is 12.0 Å². The summed E-state index contributed by atoms with van der Waals surface area (Å²) in [5.41, 5.74) is 8.99. The number of amides is 2. The van der Waals surface area contributed by atoms with Gasteiger partial charge in [-0.3, -0.25) is 4.79 Å². The largest absolute Gasteiger partial charge is 0.444 e. The monoisotopic (exact) mass is 559 g/mol. The van der Waals surface area contributed by atoms with E-state index >= 15 is 0 Å². The number of rotatable bonds is 10. The predicted octanol–water partition coefficient (Wildman–Crippen LogP) is 3.96. The molecule has 3 aromatic carbocycles. The molecule has 1 aliphatic rings. The maximum absolute atomic E-state index is 13.8. The molecule has 0 bridgehead atoms. The van der Waals surface area contributed by atoms with Crippen LogP contribution in [0.15, 0.2) is 84.9 Å². The van der Waals surface area contributed by atoms with Gasteiger partial charge in [-0.1, -0.05) is 84.9 Å². The molecule has 218 valence electrons. The van der Waals surface area contributed by atoms with Gasteiger partial charge in [0.05, 0.1) is 30.3 Å². The Morgan fingerprint density at radius 2 is 1.41 bits per heavy atom. The maximum atomic E-state index is 13.8. The van der Waals surface area contributed by atoms with Crippen molar-refractivity contribution in [2.45, 2.75) is 76.0 Å². The third-order valence-corrected chi connectivity index (χ3v) is 7.38. The zero-order valence-corrected chi connectivity index (χ0v) is 23.9. The van der Waals surface area contributed by atoms with Crippen LogP contribution in [0.1, 0.15) is 61.5 Å². The lowest BCUT2D eigenvalue weighted by molar-refractivity contribution is -0.127. The molecule has 41 heavy (non-hydrogen) atoms. The van der Waals surface area contributed by atoms with Crippen LogP contribution in [0.5, 0.6) is 0 Å². The van der Waals surface area contributed by atoms with Gasteiger partial charge in [0.2, 0.25) is 5.91 Å². The smallest absolute Gasteiger partial charge is 0.407 e. The fourth-order valence-electron chi connectivity index (χ4n) is 5.35. The summed E-state index contributed by atoms with van der Waals surface area (Å²) in [6, 6.07) is 24.6. The molecule has 0 fully saturated rings. The Bertz CT molecular complexity index is 1290. The lowest BCUT2D eigenvalue weighted by Crippen LogP contribution is -2.48. The number of hydrogen-bond donors (Lipinski definition) is 5. The molecule has 0 unspecified atom stereocenters. The van der Waals surface area contributed by atoms with Crippen molar-refractivity contribution in [3.8, 4) is 0 Å². The number of aliphatic hydroxyl groups excluding tert-OH is 2. The number of aliphatic hydroxyl groups is 2. The molecule has 6 N–H and O–H groups in total. The number of carbonyl (C=O) groups excluding carboxylic acids is 2. The first-order valence-corrected chi connectivity index (χ1v) is 14.1. The van der Waals surface area contributed by atoms with Crippen molar-refractivity contribution in [2.75, 3.05) is 0 Å². The molecule has 0 spiro atoms. The van der Waals surface area contributed by atoms with Crippen molar-refractivity contribution in [2.24, 2.45) is 11.7 Å². The highest BCUT2D eigenvalue weighted by Gasteiger charge is 2.39. The molecule has 0 aromatic heterocycles. The number of nitrogens with two attached hydrogens (primary N) is 1. The molecule has 0 saturated carbocycles. The Labute approximate surface area is 241 Å². The number of nitrogens with one attached hydrogen (secondary N) is 2. The molecule has 3 aromatic rings. The minimum absolute atomic E-state index is 0.0739. The van der Waals surface area contributed by atoms with Gasteiger partial charge in [-0.15, -0.1) is 0 Å². The van der Waals surface area contributed by atoms with E-state index in [1.54, 1.807) is 20.8 Å². The Morgan fingerprint density at radius 1 is 0.878 bits per heavy atom. The molecule has 0 saturated heterocycles. The maximum Gasteiger partial charge on any atom is 0.407 e. The lowest BCUT2D eigenvalue weighted by Gasteiger charge is -2.30. The van der Waals surface area contributed by atoms with Crippen LogP contribution >= 0.6 is 0 Å². The van der Waals surface area contributed by atoms with Crippen LogP contribution < -0.4 is 16.4 Å². The van der Waals surface area contributed by atoms with Crippen LogP contribution in [-0.2, 0) is 22.4 Å². The van der Waals surface area contributed by atoms with Gasteiger partial charge in [-0.2, -0.15) is 0 Å². The first-order chi connectivity index (χ1) is 19.5. The van der Waals surface area contributed by atoms with E-state index in [-0.39, 0.29) is 12.3 Å². The van der Waals surface area contributed by atoms with E-state index in [1.165, 1.54) is 0 Å². The van der Waals surface area contributed by atoms with E-state index in [2.05, 4.69) is 10.6 Å². The van der Waals surface area contributed by atoms with E-state index in [0.29, 0.717) is 12.8 Å². The van der Waals surface area contributed by atoms with Crippen molar-refractivity contribution in [1.82, 2.24) is 10.6 Å². The molecule has 0 aliphatic heterocycles. The third kappa shape index (κ3) is 8.16. The molecular weight excluding hydrogens is 518 g/mol. The third-order valence-electron chi connectivity index (χ3n) is 7.38. The van der Waals surface area contributed by atoms with Gasteiger partial charge in [0, 0.05) is 5.92 Å². The fraction of sp³-hybridized carbons (Fsp3) is 0.394. The standard InChI is InChI=1S/C33H41N3O5/c1-33(2,3)41-32(40)35-26(19-22-14-8-5-9-15-22)27(37)20-23(18-21-12-6-4-7-13-21)31(39)36-29-25-17-11-10-16-24(25)28(34)30(29)38/h4-17,23,26-30,37-38H,18-20,34H2,1-3H3,(H,35,40)(H,36,39)/t23-,26-,27-,28+,29-,30+/m0/s1. The SMILES string of the molecule is CC(C)(C)OC(=O)N[C@@H](Cc1ccccc1)[C@@H](O)C[C@H](Cc1ccccc1)C(=O)N[C@H]1c2ccccc2[C@@H](N)[C@H]1O. The quantitative estimate of drug-likeness (QED) is 0.255. The minimum atomic E-state index is -1.06. The van der Waals surface area contributed by atoms with Gasteiger partial charge in [0.1, 0.15) is 5.60 Å². The fourth-order valence-corrected chi connectivity index (χ4v) is 5.35. The van der Waals surface area contributed by atoms with Gasteiger partial charge in [-0.25, -0.2) is 4.79 Å². The summed E-state index contributed by atoms with van der Waals surface area (Å²) in [6.07, 6.45) is -1.88. The van der Waals surface area contributed by atoms with Gasteiger partial charge in [0.15, 0.2) is 0 Å². The highest BCUT2D eigenvalue weighted by Crippen LogP contribution is 2.37. The summed E-state index contributed by atoms with van der Waals surface area (Å²) in [5, 5.41) is 28.2. The molecular formula is C33H41N3O5. The number of ether oxygens (including phenoxy) is 1. The number of benzene rings is 3. The molecule has 0 radical (unpaired) electrons. The predicted molar refractivity (Wildman–Crippen MR) is 158 cm³/mol. The van der Waals surface area contributed by atoms with Crippen LogP contribution in [0.2, 0.25) is 0 Å². The van der Waals surface area contributed by atoms with Crippen LogP contribution in [0.4, 0.5) is 4.79 Å². The summed E-state index contributed by atoms with van der Waals surface area (Å²) < 4.78 is 5.47. The van der Waals surface area contributed by atoms with E-state index in [9.17, 15) is 19.8 Å². The highest BCUT2D eigenvalue weighted by molar-refractivity contribution is 5.80. The molecule has 8 heteroatoms. The van der Waals surface area contributed by atoms with Crippen LogP contribution in [-0.4, -0.2) is 46.1 Å². The second kappa shape index (κ2) is 13.3. The zero-order chi connectivity index (χ0) is 29.6. The van der Waals surface area contributed by atoms with Gasteiger partial charge < -0.3 is 31.3 Å². The average Bonchev–Trinajstić information content (AvgIpc) is 3.17. The topological polar surface area (TPSA) is 134 Å². The first kappa shape index (κ1) is 30.2. The van der Waals surface area contributed by atoms with Crippen LogP contribution in [0.25, 0.3) is 0 Å². The Kier molecular flexibility index (Phi) is 9.81. The number of fused-ring (bicyclic) bond motifs is 1. The number of hydrogen-bond acceptors (Lipinski definition) is 6. The average molecular weight is 560 g/mol. The molecule has 4 rings (SSSR count). The summed E-state index contributed by atoms with van der Waals surface area (Å²) in [7, 11) is 0. The van der Waals surface area contributed by atoms with Crippen molar-refractivity contribution in [3.63, 3.8) is 0 Å². The minimum Gasteiger partial charge on any atom is -0.444 e. The summed E-state index contributed by atoms with van der Waals surface area (Å²) in [6.45, 7) is 5.32. The molecule has 2 amide bonds. The molecule has 6 atom stereocenters. The Morgan fingerprint density at radius 3 is 2.00 bits per heavy atom. The van der Waals surface area contributed by atoms with Gasteiger partial charge in [-0.05, 0) is 62.3 Å². The van der Waals surface area contributed by atoms with E-state index in [0.717, 1.165) is 22.3 Å². The summed E-state index contributed by atoms with van der Waals surface area (Å²) in [5.74, 6) is -0.959. The van der Waals surface area contributed by atoms with Crippen molar-refractivity contribution in [3.05, 3.63) is 107 Å². The van der Waals surface area contributed by atoms with Gasteiger partial charge >= 0.3 is 6.09 Å². The molecule has 1 aliphatic carbocycles. The highest BCUT2D eigenvalue weighted by atomic mass is 16.6. The zero-order valence-electron chi connectivity index (χ0n) is 23.9. The molecule has 8 nitrogen and oxygen atoms in total. The number of alkyl carbamates (subject to hydrolysis) is 1. The van der Waals surface area contributed by atoms with Crippen molar-refractivity contribution < 1.29 is 24.5 Å². The van der Waals surface area contributed by atoms with Crippen LogP contribution in [0.3, 0.4) is 0 Å². The van der Waals surface area contributed by atoms with Crippen molar-refractivity contribution in [1.29, 1.82) is 0 Å². The second-order valence-electron chi connectivity index (χ2n) is 11.8. The van der Waals surface area contributed by atoms with Crippen LogP contribution in [0, 0.1) is 5.92 Å². The number of carbonyl (C=O) groups is 2. The van der Waals surface area contributed by atoms with E-state index < -0.39 is 47.9 Å². The summed E-state index contributed by atoms with van der Waals surface area (Å²) >= 11 is 0.